The number of pyridine rings is 1. The van der Waals surface area contributed by atoms with Crippen LogP contribution in [-0.2, 0) is 19.5 Å². The Morgan fingerprint density at radius 2 is 2.00 bits per heavy atom. The van der Waals surface area contributed by atoms with Crippen LogP contribution in [-0.4, -0.2) is 4.57 Å². The number of nitrogens with zero attached hydrogens (tertiary/aromatic N) is 1. The van der Waals surface area contributed by atoms with Crippen LogP contribution < -0.4 is 10.9 Å². The van der Waals surface area contributed by atoms with Crippen molar-refractivity contribution in [2.24, 2.45) is 0 Å². The lowest BCUT2D eigenvalue weighted by Crippen LogP contribution is -2.22. The molecule has 4 heteroatoms. The van der Waals surface area contributed by atoms with Crippen LogP contribution in [0.1, 0.15) is 25.0 Å². The number of nitrogens with one attached hydrogen (secondary N) is 1. The first-order valence-corrected chi connectivity index (χ1v) is 6.87. The zero-order valence-corrected chi connectivity index (χ0v) is 11.8. The summed E-state index contributed by atoms with van der Waals surface area (Å²) in [6.07, 6.45) is 2.51. The van der Waals surface area contributed by atoms with Gasteiger partial charge in [-0.05, 0) is 37.1 Å². The fourth-order valence-corrected chi connectivity index (χ4v) is 2.24. The van der Waals surface area contributed by atoms with Crippen molar-refractivity contribution in [3.05, 3.63) is 63.8 Å². The molecule has 0 saturated carbocycles. The minimum Gasteiger partial charge on any atom is -0.376 e. The van der Waals surface area contributed by atoms with Crippen molar-refractivity contribution >= 4 is 5.69 Å². The van der Waals surface area contributed by atoms with Crippen LogP contribution in [0.2, 0.25) is 0 Å². The summed E-state index contributed by atoms with van der Waals surface area (Å²) >= 11 is 0. The molecular formula is C16H19FN2O. The Hall–Kier alpha value is -2.10. The quantitative estimate of drug-likeness (QED) is 0.908. The largest absolute Gasteiger partial charge is 0.376 e. The molecule has 106 valence electrons. The summed E-state index contributed by atoms with van der Waals surface area (Å²) in [6.45, 7) is 4.84. The Balaban J connectivity index is 2.24. The molecular weight excluding hydrogens is 255 g/mol. The molecule has 2 aromatic rings. The Labute approximate surface area is 118 Å². The topological polar surface area (TPSA) is 34.0 Å². The molecule has 0 atom stereocenters. The number of rotatable bonds is 5. The van der Waals surface area contributed by atoms with E-state index in [2.05, 4.69) is 5.32 Å². The number of hydrogen-bond donors (Lipinski definition) is 1. The van der Waals surface area contributed by atoms with E-state index in [9.17, 15) is 9.18 Å². The highest BCUT2D eigenvalue weighted by atomic mass is 19.1. The molecule has 0 amide bonds. The van der Waals surface area contributed by atoms with Gasteiger partial charge < -0.3 is 9.88 Å². The van der Waals surface area contributed by atoms with Crippen LogP contribution in [0.3, 0.4) is 0 Å². The van der Waals surface area contributed by atoms with Gasteiger partial charge in [-0.15, -0.1) is 0 Å². The molecule has 1 heterocycles. The molecule has 0 aliphatic rings. The predicted molar refractivity (Wildman–Crippen MR) is 79.5 cm³/mol. The van der Waals surface area contributed by atoms with E-state index < -0.39 is 0 Å². The molecule has 1 aromatic carbocycles. The average Bonchev–Trinajstić information content (AvgIpc) is 2.47. The van der Waals surface area contributed by atoms with Gasteiger partial charge in [-0.1, -0.05) is 19.1 Å². The first-order valence-electron chi connectivity index (χ1n) is 6.87. The second-order valence-corrected chi connectivity index (χ2v) is 4.60. The molecule has 0 bridgehead atoms. The second-order valence-electron chi connectivity index (χ2n) is 4.60. The SMILES string of the molecule is CCc1cccc(F)c1CNc1cccn(CC)c1=O. The third-order valence-electron chi connectivity index (χ3n) is 3.41. The van der Waals surface area contributed by atoms with Crippen molar-refractivity contribution in [2.45, 2.75) is 33.4 Å². The normalized spacial score (nSPS) is 10.6. The van der Waals surface area contributed by atoms with E-state index in [1.54, 1.807) is 22.9 Å². The maximum Gasteiger partial charge on any atom is 0.273 e. The lowest BCUT2D eigenvalue weighted by Gasteiger charge is -2.12. The molecule has 0 aliphatic heterocycles. The summed E-state index contributed by atoms with van der Waals surface area (Å²) in [5.74, 6) is -0.233. The number of aromatic nitrogens is 1. The van der Waals surface area contributed by atoms with Crippen LogP contribution in [0.4, 0.5) is 10.1 Å². The monoisotopic (exact) mass is 274 g/mol. The summed E-state index contributed by atoms with van der Waals surface area (Å²) in [5, 5.41) is 3.05. The zero-order valence-electron chi connectivity index (χ0n) is 11.8. The summed E-state index contributed by atoms with van der Waals surface area (Å²) in [7, 11) is 0. The van der Waals surface area contributed by atoms with Gasteiger partial charge in [0.05, 0.1) is 0 Å². The summed E-state index contributed by atoms with van der Waals surface area (Å²) in [4.78, 5) is 12.1. The molecule has 0 spiro atoms. The number of hydrogen-bond acceptors (Lipinski definition) is 2. The number of aryl methyl sites for hydroxylation is 2. The van der Waals surface area contributed by atoms with Crippen LogP contribution >= 0.6 is 0 Å². The second kappa shape index (κ2) is 6.37. The number of anilines is 1. The highest BCUT2D eigenvalue weighted by Gasteiger charge is 2.08. The Morgan fingerprint density at radius 3 is 2.70 bits per heavy atom. The van der Waals surface area contributed by atoms with E-state index in [1.165, 1.54) is 6.07 Å². The molecule has 1 aromatic heterocycles. The lowest BCUT2D eigenvalue weighted by atomic mass is 10.0. The Kier molecular flexibility index (Phi) is 4.56. The van der Waals surface area contributed by atoms with Crippen molar-refractivity contribution in [2.75, 3.05) is 5.32 Å². The van der Waals surface area contributed by atoms with E-state index in [-0.39, 0.29) is 11.4 Å². The first-order chi connectivity index (χ1) is 9.67. The highest BCUT2D eigenvalue weighted by molar-refractivity contribution is 5.42. The third kappa shape index (κ3) is 2.90. The fourth-order valence-electron chi connectivity index (χ4n) is 2.24. The molecule has 0 fully saturated rings. The van der Waals surface area contributed by atoms with Gasteiger partial charge in [0.1, 0.15) is 11.5 Å². The van der Waals surface area contributed by atoms with Crippen LogP contribution in [0, 0.1) is 5.82 Å². The Bertz CT molecular complexity index is 649. The maximum absolute atomic E-state index is 13.9. The smallest absolute Gasteiger partial charge is 0.273 e. The van der Waals surface area contributed by atoms with Gasteiger partial charge >= 0.3 is 0 Å². The van der Waals surface area contributed by atoms with Gasteiger partial charge in [0.25, 0.3) is 5.56 Å². The van der Waals surface area contributed by atoms with Gasteiger partial charge in [-0.3, -0.25) is 4.79 Å². The van der Waals surface area contributed by atoms with E-state index in [4.69, 9.17) is 0 Å². The molecule has 0 unspecified atom stereocenters. The van der Waals surface area contributed by atoms with Gasteiger partial charge in [0.2, 0.25) is 0 Å². The molecule has 0 radical (unpaired) electrons. The van der Waals surface area contributed by atoms with E-state index in [1.807, 2.05) is 26.0 Å². The number of benzene rings is 1. The third-order valence-corrected chi connectivity index (χ3v) is 3.41. The first kappa shape index (κ1) is 14.3. The van der Waals surface area contributed by atoms with Crippen LogP contribution in [0.5, 0.6) is 0 Å². The fraction of sp³-hybridized carbons (Fsp3) is 0.312. The lowest BCUT2D eigenvalue weighted by molar-refractivity contribution is 0.609. The van der Waals surface area contributed by atoms with Gasteiger partial charge in [0.15, 0.2) is 0 Å². The van der Waals surface area contributed by atoms with E-state index >= 15 is 0 Å². The molecule has 0 aliphatic carbocycles. The highest BCUT2D eigenvalue weighted by Crippen LogP contribution is 2.15. The van der Waals surface area contributed by atoms with Crippen molar-refractivity contribution in [1.82, 2.24) is 4.57 Å². The minimum atomic E-state index is -0.233. The average molecular weight is 274 g/mol. The van der Waals surface area contributed by atoms with Crippen LogP contribution in [0.25, 0.3) is 0 Å². The zero-order chi connectivity index (χ0) is 14.5. The van der Waals surface area contributed by atoms with Crippen molar-refractivity contribution < 1.29 is 4.39 Å². The summed E-state index contributed by atoms with van der Waals surface area (Å²) < 4.78 is 15.5. The predicted octanol–water partition coefficient (Wildman–Crippen LogP) is 3.18. The van der Waals surface area contributed by atoms with E-state index in [0.29, 0.717) is 24.3 Å². The maximum atomic E-state index is 13.9. The number of halogens is 1. The van der Waals surface area contributed by atoms with Crippen molar-refractivity contribution in [3.8, 4) is 0 Å². The summed E-state index contributed by atoms with van der Waals surface area (Å²) in [6, 6.07) is 8.61. The molecule has 2 rings (SSSR count). The van der Waals surface area contributed by atoms with Crippen molar-refractivity contribution in [1.29, 1.82) is 0 Å². The van der Waals surface area contributed by atoms with Gasteiger partial charge in [-0.2, -0.15) is 0 Å². The molecule has 0 saturated heterocycles. The molecule has 3 nitrogen and oxygen atoms in total. The van der Waals surface area contributed by atoms with E-state index in [0.717, 1.165) is 12.0 Å². The van der Waals surface area contributed by atoms with Gasteiger partial charge in [0, 0.05) is 24.8 Å². The van der Waals surface area contributed by atoms with Crippen molar-refractivity contribution in [3.63, 3.8) is 0 Å². The van der Waals surface area contributed by atoms with Crippen LogP contribution in [0.15, 0.2) is 41.3 Å². The summed E-state index contributed by atoms with van der Waals surface area (Å²) in [5.41, 5.74) is 2.01. The standard InChI is InChI=1S/C16H19FN2O/c1-3-12-7-5-8-14(17)13(12)11-18-15-9-6-10-19(4-2)16(15)20/h5-10,18H,3-4,11H2,1-2H3. The minimum absolute atomic E-state index is 0.0793. The molecule has 1 N–H and O–H groups in total. The molecule has 20 heavy (non-hydrogen) atoms. The Morgan fingerprint density at radius 1 is 1.20 bits per heavy atom. The van der Waals surface area contributed by atoms with Gasteiger partial charge in [-0.25, -0.2) is 4.39 Å².